The Bertz CT molecular complexity index is 628. The van der Waals surface area contributed by atoms with Gasteiger partial charge in [0.2, 0.25) is 0 Å². The van der Waals surface area contributed by atoms with Crippen LogP contribution in [0.25, 0.3) is 0 Å². The maximum Gasteiger partial charge on any atom is 0.309 e. The van der Waals surface area contributed by atoms with E-state index >= 15 is 0 Å². The van der Waals surface area contributed by atoms with Gasteiger partial charge in [0.05, 0.1) is 27.8 Å². The molecule has 2 N–H and O–H groups in total. The minimum Gasteiger partial charge on any atom is -0.481 e. The number of rotatable bonds is 4. The monoisotopic (exact) mass is 316 g/mol. The normalized spacial score (nSPS) is 10.5. The number of thiazole rings is 1. The van der Waals surface area contributed by atoms with Crippen LogP contribution in [0.2, 0.25) is 10.0 Å². The van der Waals surface area contributed by atoms with E-state index in [0.717, 1.165) is 5.56 Å². The SMILES string of the molecule is Cc1ccc(Cl)c(Nc2nc(CC(=O)O)cs2)c1Cl. The molecule has 4 nitrogen and oxygen atoms in total. The average Bonchev–Trinajstić information content (AvgIpc) is 2.76. The summed E-state index contributed by atoms with van der Waals surface area (Å²) < 4.78 is 0. The van der Waals surface area contributed by atoms with Gasteiger partial charge in [-0.05, 0) is 18.6 Å². The van der Waals surface area contributed by atoms with Crippen LogP contribution in [0, 0.1) is 6.92 Å². The van der Waals surface area contributed by atoms with Crippen molar-refractivity contribution in [3.05, 3.63) is 38.8 Å². The quantitative estimate of drug-likeness (QED) is 0.890. The Morgan fingerprint density at radius 1 is 1.47 bits per heavy atom. The zero-order valence-electron chi connectivity index (χ0n) is 9.91. The van der Waals surface area contributed by atoms with Crippen LogP contribution in [-0.4, -0.2) is 16.1 Å². The van der Waals surface area contributed by atoms with Crippen molar-refractivity contribution in [3.8, 4) is 0 Å². The van der Waals surface area contributed by atoms with Gasteiger partial charge in [0, 0.05) is 5.38 Å². The fourth-order valence-electron chi connectivity index (χ4n) is 1.48. The number of nitrogens with zero attached hydrogens (tertiary/aromatic N) is 1. The van der Waals surface area contributed by atoms with Gasteiger partial charge < -0.3 is 10.4 Å². The van der Waals surface area contributed by atoms with E-state index in [0.29, 0.717) is 26.6 Å². The van der Waals surface area contributed by atoms with Crippen LogP contribution in [0.4, 0.5) is 10.8 Å². The lowest BCUT2D eigenvalue weighted by atomic mass is 10.2. The summed E-state index contributed by atoms with van der Waals surface area (Å²) in [5.41, 5.74) is 1.98. The molecule has 2 rings (SSSR count). The van der Waals surface area contributed by atoms with Gasteiger partial charge in [0.25, 0.3) is 0 Å². The number of aliphatic carboxylic acids is 1. The predicted octanol–water partition coefficient (Wildman–Crippen LogP) is 4.13. The van der Waals surface area contributed by atoms with Crippen molar-refractivity contribution in [2.75, 3.05) is 5.32 Å². The molecule has 0 saturated heterocycles. The van der Waals surface area contributed by atoms with Crippen molar-refractivity contribution >= 4 is 51.3 Å². The van der Waals surface area contributed by atoms with E-state index in [-0.39, 0.29) is 6.42 Å². The van der Waals surface area contributed by atoms with Crippen LogP contribution in [0.3, 0.4) is 0 Å². The summed E-state index contributed by atoms with van der Waals surface area (Å²) in [6.45, 7) is 1.88. The van der Waals surface area contributed by atoms with Crippen molar-refractivity contribution < 1.29 is 9.90 Å². The third-order valence-electron chi connectivity index (χ3n) is 2.40. The Labute approximate surface area is 124 Å². The van der Waals surface area contributed by atoms with Gasteiger partial charge in [0.15, 0.2) is 5.13 Å². The highest BCUT2D eigenvalue weighted by Gasteiger charge is 2.11. The molecule has 0 saturated carbocycles. The first-order valence-corrected chi connectivity index (χ1v) is 6.98. The maximum atomic E-state index is 10.6. The summed E-state index contributed by atoms with van der Waals surface area (Å²) in [5.74, 6) is -0.913. The van der Waals surface area contributed by atoms with Crippen LogP contribution in [0.1, 0.15) is 11.3 Å². The minimum atomic E-state index is -0.913. The molecule has 1 aromatic heterocycles. The Balaban J connectivity index is 2.24. The first-order valence-electron chi connectivity index (χ1n) is 5.35. The second-order valence-electron chi connectivity index (χ2n) is 3.89. The summed E-state index contributed by atoms with van der Waals surface area (Å²) >= 11 is 13.6. The molecule has 1 aromatic carbocycles. The summed E-state index contributed by atoms with van der Waals surface area (Å²) in [7, 11) is 0. The van der Waals surface area contributed by atoms with Crippen molar-refractivity contribution in [3.63, 3.8) is 0 Å². The second kappa shape index (κ2) is 5.77. The lowest BCUT2D eigenvalue weighted by Crippen LogP contribution is -2.00. The van der Waals surface area contributed by atoms with E-state index in [1.165, 1.54) is 11.3 Å². The van der Waals surface area contributed by atoms with Gasteiger partial charge in [-0.2, -0.15) is 0 Å². The first-order chi connectivity index (χ1) is 8.97. The smallest absolute Gasteiger partial charge is 0.309 e. The molecule has 100 valence electrons. The van der Waals surface area contributed by atoms with Crippen LogP contribution >= 0.6 is 34.5 Å². The van der Waals surface area contributed by atoms with Gasteiger partial charge in [-0.15, -0.1) is 11.3 Å². The molecule has 0 radical (unpaired) electrons. The minimum absolute atomic E-state index is 0.104. The third-order valence-corrected chi connectivity index (χ3v) is 4.01. The van der Waals surface area contributed by atoms with Crippen LogP contribution in [-0.2, 0) is 11.2 Å². The standard InChI is InChI=1S/C12H10Cl2N2O2S/c1-6-2-3-8(13)11(10(6)14)16-12-15-7(5-19-12)4-9(17)18/h2-3,5H,4H2,1H3,(H,15,16)(H,17,18). The molecule has 0 unspecified atom stereocenters. The maximum absolute atomic E-state index is 10.6. The highest BCUT2D eigenvalue weighted by molar-refractivity contribution is 7.13. The van der Waals surface area contributed by atoms with Crippen molar-refractivity contribution in [2.45, 2.75) is 13.3 Å². The molecular weight excluding hydrogens is 307 g/mol. The van der Waals surface area contributed by atoms with Crippen molar-refractivity contribution in [1.29, 1.82) is 0 Å². The van der Waals surface area contributed by atoms with Gasteiger partial charge in [-0.3, -0.25) is 4.79 Å². The highest BCUT2D eigenvalue weighted by atomic mass is 35.5. The number of anilines is 2. The molecule has 0 fully saturated rings. The lowest BCUT2D eigenvalue weighted by Gasteiger charge is -2.09. The molecule has 0 atom stereocenters. The van der Waals surface area contributed by atoms with Gasteiger partial charge in [-0.1, -0.05) is 29.3 Å². The number of aryl methyl sites for hydroxylation is 1. The zero-order chi connectivity index (χ0) is 14.0. The van der Waals surface area contributed by atoms with Gasteiger partial charge >= 0.3 is 5.97 Å². The van der Waals surface area contributed by atoms with E-state index in [1.807, 2.05) is 13.0 Å². The predicted molar refractivity (Wildman–Crippen MR) is 77.9 cm³/mol. The Hall–Kier alpha value is -1.30. The molecular formula is C12H10Cl2N2O2S. The number of hydrogen-bond donors (Lipinski definition) is 2. The highest BCUT2D eigenvalue weighted by Crippen LogP contribution is 2.35. The Morgan fingerprint density at radius 3 is 2.89 bits per heavy atom. The van der Waals surface area contributed by atoms with E-state index < -0.39 is 5.97 Å². The van der Waals surface area contributed by atoms with Crippen molar-refractivity contribution in [2.24, 2.45) is 0 Å². The summed E-state index contributed by atoms with van der Waals surface area (Å²) in [6.07, 6.45) is -0.104. The number of hydrogen-bond acceptors (Lipinski definition) is 4. The average molecular weight is 317 g/mol. The number of carboxylic acid groups (broad SMARTS) is 1. The van der Waals surface area contributed by atoms with Crippen LogP contribution < -0.4 is 5.32 Å². The number of carbonyl (C=O) groups is 1. The number of benzene rings is 1. The lowest BCUT2D eigenvalue weighted by molar-refractivity contribution is -0.136. The molecule has 19 heavy (non-hydrogen) atoms. The fourth-order valence-corrected chi connectivity index (χ4v) is 2.66. The Morgan fingerprint density at radius 2 is 2.21 bits per heavy atom. The molecule has 1 heterocycles. The molecule has 0 spiro atoms. The van der Waals surface area contributed by atoms with E-state index in [1.54, 1.807) is 11.4 Å². The van der Waals surface area contributed by atoms with Crippen molar-refractivity contribution in [1.82, 2.24) is 4.98 Å². The second-order valence-corrected chi connectivity index (χ2v) is 5.54. The number of aromatic nitrogens is 1. The Kier molecular flexibility index (Phi) is 4.29. The molecule has 0 aliphatic rings. The number of nitrogens with one attached hydrogen (secondary N) is 1. The van der Waals surface area contributed by atoms with E-state index in [9.17, 15) is 4.79 Å². The molecule has 0 amide bonds. The zero-order valence-corrected chi connectivity index (χ0v) is 12.2. The van der Waals surface area contributed by atoms with Gasteiger partial charge in [0.1, 0.15) is 0 Å². The third kappa shape index (κ3) is 3.37. The molecule has 2 aromatic rings. The fraction of sp³-hybridized carbons (Fsp3) is 0.167. The summed E-state index contributed by atoms with van der Waals surface area (Å²) in [6, 6.07) is 3.57. The van der Waals surface area contributed by atoms with E-state index in [4.69, 9.17) is 28.3 Å². The van der Waals surface area contributed by atoms with Crippen LogP contribution in [0.15, 0.2) is 17.5 Å². The number of halogens is 2. The molecule has 0 bridgehead atoms. The van der Waals surface area contributed by atoms with Gasteiger partial charge in [-0.25, -0.2) is 4.98 Å². The molecule has 0 aliphatic carbocycles. The van der Waals surface area contributed by atoms with E-state index in [2.05, 4.69) is 10.3 Å². The summed E-state index contributed by atoms with van der Waals surface area (Å²) in [5, 5.41) is 15.0. The number of carboxylic acids is 1. The van der Waals surface area contributed by atoms with Crippen LogP contribution in [0.5, 0.6) is 0 Å². The summed E-state index contributed by atoms with van der Waals surface area (Å²) in [4.78, 5) is 14.8. The molecule has 0 aliphatic heterocycles. The topological polar surface area (TPSA) is 62.2 Å². The largest absolute Gasteiger partial charge is 0.481 e. The first kappa shape index (κ1) is 14.1. The molecule has 7 heteroatoms.